The van der Waals surface area contributed by atoms with Gasteiger partial charge in [-0.15, -0.1) is 0 Å². The molecule has 0 aliphatic heterocycles. The maximum Gasteiger partial charge on any atom is 0.329 e. The van der Waals surface area contributed by atoms with E-state index in [1.165, 1.54) is 24.4 Å². The van der Waals surface area contributed by atoms with Crippen LogP contribution in [0.5, 0.6) is 0 Å². The highest BCUT2D eigenvalue weighted by atomic mass is 35.5. The van der Waals surface area contributed by atoms with Crippen LogP contribution >= 0.6 is 23.2 Å². The van der Waals surface area contributed by atoms with Crippen molar-refractivity contribution in [2.45, 2.75) is 6.92 Å². The molecule has 1 aromatic carbocycles. The van der Waals surface area contributed by atoms with E-state index in [1.54, 1.807) is 19.1 Å². The molecule has 0 spiro atoms. The second-order valence-corrected chi connectivity index (χ2v) is 5.04. The van der Waals surface area contributed by atoms with Crippen LogP contribution in [0.15, 0.2) is 39.9 Å². The van der Waals surface area contributed by atoms with Crippen LogP contribution in [0.3, 0.4) is 0 Å². The molecule has 2 N–H and O–H groups in total. The van der Waals surface area contributed by atoms with E-state index in [2.05, 4.69) is 15.8 Å². The lowest BCUT2D eigenvalue weighted by molar-refractivity contribution is -0.136. The van der Waals surface area contributed by atoms with Crippen molar-refractivity contribution < 1.29 is 14.0 Å². The molecule has 6 nitrogen and oxygen atoms in total. The molecule has 114 valence electrons. The van der Waals surface area contributed by atoms with Gasteiger partial charge in [0.25, 0.3) is 0 Å². The van der Waals surface area contributed by atoms with Gasteiger partial charge in [0.05, 0.1) is 16.3 Å². The van der Waals surface area contributed by atoms with E-state index in [0.29, 0.717) is 22.2 Å². The van der Waals surface area contributed by atoms with Crippen molar-refractivity contribution in [3.05, 3.63) is 51.9 Å². The number of furan rings is 1. The number of hydrogen-bond donors (Lipinski definition) is 2. The van der Waals surface area contributed by atoms with Gasteiger partial charge in [0.1, 0.15) is 11.5 Å². The minimum absolute atomic E-state index is 0.270. The lowest BCUT2D eigenvalue weighted by Gasteiger charge is -2.04. The lowest BCUT2D eigenvalue weighted by atomic mass is 10.3. The SMILES string of the molecule is Cc1ccc(/C=N/NC(=O)C(=O)Nc2ccc(Cl)c(Cl)c2)o1. The molecule has 1 aromatic heterocycles. The van der Waals surface area contributed by atoms with E-state index in [9.17, 15) is 9.59 Å². The van der Waals surface area contributed by atoms with Crippen LogP contribution in [0.1, 0.15) is 11.5 Å². The van der Waals surface area contributed by atoms with Gasteiger partial charge in [0, 0.05) is 5.69 Å². The number of rotatable bonds is 3. The van der Waals surface area contributed by atoms with Crippen molar-refractivity contribution >= 4 is 46.9 Å². The lowest BCUT2D eigenvalue weighted by Crippen LogP contribution is -2.32. The van der Waals surface area contributed by atoms with Crippen molar-refractivity contribution in [3.8, 4) is 0 Å². The predicted octanol–water partition coefficient (Wildman–Crippen LogP) is 2.98. The number of nitrogens with one attached hydrogen (secondary N) is 2. The highest BCUT2D eigenvalue weighted by Crippen LogP contribution is 2.24. The average Bonchev–Trinajstić information content (AvgIpc) is 2.88. The third kappa shape index (κ3) is 4.34. The van der Waals surface area contributed by atoms with Crippen LogP contribution in [-0.4, -0.2) is 18.0 Å². The molecule has 1 heterocycles. The number of benzene rings is 1. The van der Waals surface area contributed by atoms with Gasteiger partial charge in [-0.2, -0.15) is 5.10 Å². The summed E-state index contributed by atoms with van der Waals surface area (Å²) in [5.74, 6) is -0.635. The molecule has 0 unspecified atom stereocenters. The Bertz CT molecular complexity index is 741. The van der Waals surface area contributed by atoms with Gasteiger partial charge in [-0.05, 0) is 37.3 Å². The van der Waals surface area contributed by atoms with Gasteiger partial charge in [0.15, 0.2) is 0 Å². The molecular formula is C14H11Cl2N3O3. The molecule has 0 aliphatic rings. The molecule has 2 aromatic rings. The van der Waals surface area contributed by atoms with E-state index in [1.807, 2.05) is 0 Å². The highest BCUT2D eigenvalue weighted by Gasteiger charge is 2.13. The normalized spacial score (nSPS) is 10.7. The fraction of sp³-hybridized carbons (Fsp3) is 0.0714. The third-order valence-electron chi connectivity index (χ3n) is 2.50. The largest absolute Gasteiger partial charge is 0.460 e. The van der Waals surface area contributed by atoms with E-state index in [4.69, 9.17) is 27.6 Å². The Morgan fingerprint density at radius 1 is 1.14 bits per heavy atom. The standard InChI is InChI=1S/C14H11Cl2N3O3/c1-8-2-4-10(22-8)7-17-19-14(21)13(20)18-9-3-5-11(15)12(16)6-9/h2-7H,1H3,(H,18,20)(H,19,21)/b17-7+. The summed E-state index contributed by atoms with van der Waals surface area (Å²) in [6.45, 7) is 1.78. The van der Waals surface area contributed by atoms with Gasteiger partial charge in [-0.1, -0.05) is 23.2 Å². The van der Waals surface area contributed by atoms with Crippen LogP contribution in [-0.2, 0) is 9.59 Å². The van der Waals surface area contributed by atoms with Crippen molar-refractivity contribution in [1.29, 1.82) is 0 Å². The summed E-state index contributed by atoms with van der Waals surface area (Å²) in [6, 6.07) is 7.90. The molecule has 2 amide bonds. The summed E-state index contributed by atoms with van der Waals surface area (Å²) in [5, 5.41) is 6.61. The molecule has 0 atom stereocenters. The Kier molecular flexibility index (Phi) is 5.19. The molecule has 22 heavy (non-hydrogen) atoms. The molecule has 0 saturated carbocycles. The molecular weight excluding hydrogens is 329 g/mol. The number of hydrogen-bond acceptors (Lipinski definition) is 4. The van der Waals surface area contributed by atoms with E-state index >= 15 is 0 Å². The number of carbonyl (C=O) groups excluding carboxylic acids is 2. The topological polar surface area (TPSA) is 83.7 Å². The third-order valence-corrected chi connectivity index (χ3v) is 3.24. The van der Waals surface area contributed by atoms with Crippen LogP contribution < -0.4 is 10.7 Å². The summed E-state index contributed by atoms with van der Waals surface area (Å²) in [4.78, 5) is 23.2. The fourth-order valence-corrected chi connectivity index (χ4v) is 1.79. The Morgan fingerprint density at radius 3 is 2.55 bits per heavy atom. The van der Waals surface area contributed by atoms with Crippen molar-refractivity contribution in [1.82, 2.24) is 5.43 Å². The Balaban J connectivity index is 1.90. The first-order valence-electron chi connectivity index (χ1n) is 6.11. The minimum Gasteiger partial charge on any atom is -0.460 e. The Labute approximate surface area is 136 Å². The quantitative estimate of drug-likeness (QED) is 0.512. The van der Waals surface area contributed by atoms with Crippen LogP contribution in [0, 0.1) is 6.92 Å². The Hall–Kier alpha value is -2.31. The van der Waals surface area contributed by atoms with Crippen LogP contribution in [0.2, 0.25) is 10.0 Å². The molecule has 0 radical (unpaired) electrons. The first-order chi connectivity index (χ1) is 10.5. The number of nitrogens with zero attached hydrogens (tertiary/aromatic N) is 1. The maximum atomic E-state index is 11.7. The van der Waals surface area contributed by atoms with Gasteiger partial charge in [-0.3, -0.25) is 9.59 Å². The fourth-order valence-electron chi connectivity index (χ4n) is 1.49. The Morgan fingerprint density at radius 2 is 1.91 bits per heavy atom. The first kappa shape index (κ1) is 16.1. The summed E-state index contributed by atoms with van der Waals surface area (Å²) in [5.41, 5.74) is 2.43. The second kappa shape index (κ2) is 7.11. The smallest absolute Gasteiger partial charge is 0.329 e. The van der Waals surface area contributed by atoms with Crippen molar-refractivity contribution in [2.24, 2.45) is 5.10 Å². The number of halogens is 2. The predicted molar refractivity (Wildman–Crippen MR) is 84.3 cm³/mol. The zero-order valence-corrected chi connectivity index (χ0v) is 12.9. The number of hydrazone groups is 1. The number of carbonyl (C=O) groups is 2. The number of anilines is 1. The molecule has 0 saturated heterocycles. The van der Waals surface area contributed by atoms with Crippen LogP contribution in [0.4, 0.5) is 5.69 Å². The van der Waals surface area contributed by atoms with Gasteiger partial charge < -0.3 is 9.73 Å². The van der Waals surface area contributed by atoms with Crippen LogP contribution in [0.25, 0.3) is 0 Å². The zero-order chi connectivity index (χ0) is 16.1. The molecule has 8 heteroatoms. The van der Waals surface area contributed by atoms with Gasteiger partial charge in [0.2, 0.25) is 0 Å². The molecule has 0 bridgehead atoms. The average molecular weight is 340 g/mol. The molecule has 0 fully saturated rings. The molecule has 0 aliphatic carbocycles. The summed E-state index contributed by atoms with van der Waals surface area (Å²) < 4.78 is 5.22. The van der Waals surface area contributed by atoms with E-state index in [0.717, 1.165) is 0 Å². The molecule has 2 rings (SSSR count). The van der Waals surface area contributed by atoms with E-state index in [-0.39, 0.29) is 5.02 Å². The van der Waals surface area contributed by atoms with Gasteiger partial charge in [-0.25, -0.2) is 5.43 Å². The number of amides is 2. The number of aryl methyl sites for hydroxylation is 1. The maximum absolute atomic E-state index is 11.7. The second-order valence-electron chi connectivity index (χ2n) is 4.23. The highest BCUT2D eigenvalue weighted by molar-refractivity contribution is 6.42. The van der Waals surface area contributed by atoms with Crippen molar-refractivity contribution in [3.63, 3.8) is 0 Å². The zero-order valence-electron chi connectivity index (χ0n) is 11.4. The van der Waals surface area contributed by atoms with Crippen molar-refractivity contribution in [2.75, 3.05) is 5.32 Å². The minimum atomic E-state index is -0.925. The monoisotopic (exact) mass is 339 g/mol. The van der Waals surface area contributed by atoms with Gasteiger partial charge >= 0.3 is 11.8 Å². The van der Waals surface area contributed by atoms with E-state index < -0.39 is 11.8 Å². The summed E-state index contributed by atoms with van der Waals surface area (Å²) >= 11 is 11.6. The summed E-state index contributed by atoms with van der Waals surface area (Å²) in [7, 11) is 0. The first-order valence-corrected chi connectivity index (χ1v) is 6.87. The summed E-state index contributed by atoms with van der Waals surface area (Å²) in [6.07, 6.45) is 1.29.